The molecule has 0 unspecified atom stereocenters. The van der Waals surface area contributed by atoms with Gasteiger partial charge in [-0.2, -0.15) is 8.42 Å². The Labute approximate surface area is 139 Å². The molecule has 0 saturated heterocycles. The second kappa shape index (κ2) is 7.41. The monoisotopic (exact) mass is 351 g/mol. The molecule has 7 nitrogen and oxygen atoms in total. The van der Waals surface area contributed by atoms with Crippen LogP contribution >= 0.6 is 0 Å². The van der Waals surface area contributed by atoms with E-state index in [9.17, 15) is 18.0 Å². The Kier molecular flexibility index (Phi) is 5.53. The van der Waals surface area contributed by atoms with Crippen molar-refractivity contribution in [1.29, 1.82) is 0 Å². The smallest absolute Gasteiger partial charge is 0.328 e. The first-order valence-electron chi connectivity index (χ1n) is 7.13. The standard InChI is InChI=1S/C16H17NO6S/c1-23-16(19)14(9-10-24(20,21)22)17-15(18)13-8-4-6-11-5-2-3-7-12(11)13/h2-8,14H,9-10H2,1H3,(H,17,18)(H,20,21,22)/t14-/m0/s1. The minimum Gasteiger partial charge on any atom is -0.467 e. The van der Waals surface area contributed by atoms with Crippen molar-refractivity contribution in [3.8, 4) is 0 Å². The molecule has 0 fully saturated rings. The third-order valence-electron chi connectivity index (χ3n) is 3.49. The average molecular weight is 351 g/mol. The quantitative estimate of drug-likeness (QED) is 0.601. The lowest BCUT2D eigenvalue weighted by Crippen LogP contribution is -2.42. The summed E-state index contributed by atoms with van der Waals surface area (Å²) in [6.45, 7) is 0. The van der Waals surface area contributed by atoms with E-state index >= 15 is 0 Å². The summed E-state index contributed by atoms with van der Waals surface area (Å²) in [4.78, 5) is 24.2. The van der Waals surface area contributed by atoms with Crippen LogP contribution in [-0.2, 0) is 19.6 Å². The molecule has 2 N–H and O–H groups in total. The number of nitrogens with one attached hydrogen (secondary N) is 1. The summed E-state index contributed by atoms with van der Waals surface area (Å²) in [5.41, 5.74) is 0.355. The maximum Gasteiger partial charge on any atom is 0.328 e. The van der Waals surface area contributed by atoms with E-state index in [1.165, 1.54) is 0 Å². The Balaban J connectivity index is 2.24. The van der Waals surface area contributed by atoms with Crippen LogP contribution in [0.25, 0.3) is 10.8 Å². The number of fused-ring (bicyclic) bond motifs is 1. The molecule has 2 rings (SSSR count). The molecule has 128 valence electrons. The van der Waals surface area contributed by atoms with Crippen molar-refractivity contribution in [3.05, 3.63) is 48.0 Å². The number of ether oxygens (including phenoxy) is 1. The van der Waals surface area contributed by atoms with Crippen molar-refractivity contribution >= 4 is 32.8 Å². The van der Waals surface area contributed by atoms with Crippen molar-refractivity contribution in [1.82, 2.24) is 5.32 Å². The van der Waals surface area contributed by atoms with E-state index in [0.717, 1.165) is 12.5 Å². The van der Waals surface area contributed by atoms with Crippen LogP contribution in [0.5, 0.6) is 0 Å². The van der Waals surface area contributed by atoms with E-state index in [1.807, 2.05) is 18.2 Å². The Hall–Kier alpha value is -2.45. The van der Waals surface area contributed by atoms with Crippen molar-refractivity contribution in [2.75, 3.05) is 12.9 Å². The molecule has 2 aromatic carbocycles. The minimum absolute atomic E-state index is 0.290. The van der Waals surface area contributed by atoms with Gasteiger partial charge in [0.15, 0.2) is 0 Å². The maximum absolute atomic E-state index is 12.5. The number of carbonyl (C=O) groups excluding carboxylic acids is 2. The molecule has 0 radical (unpaired) electrons. The van der Waals surface area contributed by atoms with Crippen LogP contribution in [0, 0.1) is 0 Å². The van der Waals surface area contributed by atoms with Gasteiger partial charge < -0.3 is 10.1 Å². The molecule has 0 spiro atoms. The molecular weight excluding hydrogens is 334 g/mol. The fourth-order valence-electron chi connectivity index (χ4n) is 2.32. The number of hydrogen-bond acceptors (Lipinski definition) is 5. The van der Waals surface area contributed by atoms with Crippen molar-refractivity contribution in [3.63, 3.8) is 0 Å². The van der Waals surface area contributed by atoms with Gasteiger partial charge in [0.05, 0.1) is 12.9 Å². The zero-order chi connectivity index (χ0) is 17.7. The summed E-state index contributed by atoms with van der Waals surface area (Å²) in [5.74, 6) is -1.98. The highest BCUT2D eigenvalue weighted by Crippen LogP contribution is 2.18. The van der Waals surface area contributed by atoms with E-state index < -0.39 is 33.8 Å². The fraction of sp³-hybridized carbons (Fsp3) is 0.250. The molecule has 1 amide bonds. The topological polar surface area (TPSA) is 110 Å². The summed E-state index contributed by atoms with van der Waals surface area (Å²) in [5, 5.41) is 4.02. The second-order valence-corrected chi connectivity index (χ2v) is 6.72. The number of benzene rings is 2. The second-order valence-electron chi connectivity index (χ2n) is 5.15. The Morgan fingerprint density at radius 2 is 1.83 bits per heavy atom. The van der Waals surface area contributed by atoms with E-state index in [4.69, 9.17) is 4.55 Å². The van der Waals surface area contributed by atoms with Gasteiger partial charge in [0.25, 0.3) is 16.0 Å². The maximum atomic E-state index is 12.5. The third kappa shape index (κ3) is 4.53. The van der Waals surface area contributed by atoms with E-state index in [-0.39, 0.29) is 6.42 Å². The van der Waals surface area contributed by atoms with Crippen LogP contribution in [0.15, 0.2) is 42.5 Å². The molecular formula is C16H17NO6S. The Bertz CT molecular complexity index is 857. The normalized spacial score (nSPS) is 12.6. The predicted molar refractivity (Wildman–Crippen MR) is 88.3 cm³/mol. The lowest BCUT2D eigenvalue weighted by atomic mass is 10.0. The molecule has 24 heavy (non-hydrogen) atoms. The van der Waals surface area contributed by atoms with Crippen molar-refractivity contribution < 1.29 is 27.3 Å². The molecule has 1 atom stereocenters. The average Bonchev–Trinajstić information content (AvgIpc) is 2.56. The molecule has 8 heteroatoms. The molecule has 2 aromatic rings. The molecule has 0 aliphatic heterocycles. The number of amides is 1. The highest BCUT2D eigenvalue weighted by atomic mass is 32.2. The third-order valence-corrected chi connectivity index (χ3v) is 4.24. The zero-order valence-corrected chi connectivity index (χ0v) is 13.7. The SMILES string of the molecule is COC(=O)[C@H](CCS(=O)(=O)O)NC(=O)c1cccc2ccccc12. The van der Waals surface area contributed by atoms with Gasteiger partial charge in [-0.05, 0) is 23.3 Å². The van der Waals surface area contributed by atoms with E-state index in [1.54, 1.807) is 24.3 Å². The summed E-state index contributed by atoms with van der Waals surface area (Å²) in [6.07, 6.45) is -0.290. The first kappa shape index (κ1) is 17.9. The van der Waals surface area contributed by atoms with Gasteiger partial charge in [-0.1, -0.05) is 36.4 Å². The molecule has 0 aliphatic carbocycles. The van der Waals surface area contributed by atoms with E-state index in [0.29, 0.717) is 10.9 Å². The highest BCUT2D eigenvalue weighted by Gasteiger charge is 2.24. The summed E-state index contributed by atoms with van der Waals surface area (Å²) >= 11 is 0. The zero-order valence-electron chi connectivity index (χ0n) is 12.9. The van der Waals surface area contributed by atoms with Crippen molar-refractivity contribution in [2.45, 2.75) is 12.5 Å². The van der Waals surface area contributed by atoms with Crippen LogP contribution < -0.4 is 5.32 Å². The van der Waals surface area contributed by atoms with Gasteiger partial charge >= 0.3 is 5.97 Å². The summed E-state index contributed by atoms with van der Waals surface area (Å²) in [7, 11) is -3.12. The van der Waals surface area contributed by atoms with E-state index in [2.05, 4.69) is 10.1 Å². The van der Waals surface area contributed by atoms with Gasteiger partial charge in [-0.3, -0.25) is 9.35 Å². The van der Waals surface area contributed by atoms with Crippen LogP contribution in [0.3, 0.4) is 0 Å². The molecule has 0 bridgehead atoms. The largest absolute Gasteiger partial charge is 0.467 e. The predicted octanol–water partition coefficient (Wildman–Crippen LogP) is 1.39. The fourth-order valence-corrected chi connectivity index (χ4v) is 2.85. The lowest BCUT2D eigenvalue weighted by Gasteiger charge is -2.16. The first-order valence-corrected chi connectivity index (χ1v) is 8.74. The molecule has 0 saturated carbocycles. The summed E-state index contributed by atoms with van der Waals surface area (Å²) < 4.78 is 35.1. The first-order chi connectivity index (χ1) is 11.3. The Morgan fingerprint density at radius 3 is 2.50 bits per heavy atom. The van der Waals surface area contributed by atoms with Crippen molar-refractivity contribution in [2.24, 2.45) is 0 Å². The molecule has 0 aromatic heterocycles. The lowest BCUT2D eigenvalue weighted by molar-refractivity contribution is -0.142. The van der Waals surface area contributed by atoms with Crippen LogP contribution in [0.2, 0.25) is 0 Å². The van der Waals surface area contributed by atoms with Gasteiger partial charge in [0.1, 0.15) is 6.04 Å². The number of esters is 1. The number of carbonyl (C=O) groups is 2. The summed E-state index contributed by atoms with van der Waals surface area (Å²) in [6, 6.07) is 11.2. The number of methoxy groups -OCH3 is 1. The number of rotatable bonds is 6. The van der Waals surface area contributed by atoms with Crippen LogP contribution in [0.4, 0.5) is 0 Å². The van der Waals surface area contributed by atoms with Gasteiger partial charge in [-0.15, -0.1) is 0 Å². The van der Waals surface area contributed by atoms with Gasteiger partial charge in [0.2, 0.25) is 0 Å². The minimum atomic E-state index is -4.26. The Morgan fingerprint density at radius 1 is 1.17 bits per heavy atom. The highest BCUT2D eigenvalue weighted by molar-refractivity contribution is 7.85. The van der Waals surface area contributed by atoms with Gasteiger partial charge in [-0.25, -0.2) is 4.79 Å². The van der Waals surface area contributed by atoms with Crippen LogP contribution in [0.1, 0.15) is 16.8 Å². The molecule has 0 heterocycles. The van der Waals surface area contributed by atoms with Crippen LogP contribution in [-0.4, -0.2) is 43.8 Å². The number of hydrogen-bond donors (Lipinski definition) is 2. The van der Waals surface area contributed by atoms with Gasteiger partial charge in [0, 0.05) is 5.56 Å². The molecule has 0 aliphatic rings.